The molecular weight excluding hydrogens is 282 g/mol. The van der Waals surface area contributed by atoms with Gasteiger partial charge in [-0.2, -0.15) is 0 Å². The monoisotopic (exact) mass is 299 g/mol. The summed E-state index contributed by atoms with van der Waals surface area (Å²) < 4.78 is 0. The number of nitrogens with one attached hydrogen (secondary N) is 2. The van der Waals surface area contributed by atoms with Crippen LogP contribution in [0.1, 0.15) is 16.7 Å². The molecule has 1 heterocycles. The number of thiocarbonyl (C=S) groups is 1. The van der Waals surface area contributed by atoms with Gasteiger partial charge in [0.05, 0.1) is 11.5 Å². The van der Waals surface area contributed by atoms with Gasteiger partial charge >= 0.3 is 11.8 Å². The smallest absolute Gasteiger partial charge is 0.309 e. The molecule has 0 aromatic carbocycles. The Bertz CT molecular complexity index is 485. The van der Waals surface area contributed by atoms with Gasteiger partial charge in [0, 0.05) is 22.2 Å². The Morgan fingerprint density at radius 3 is 2.63 bits per heavy atom. The molecule has 0 fully saturated rings. The van der Waals surface area contributed by atoms with E-state index < -0.39 is 11.8 Å². The van der Waals surface area contributed by atoms with Crippen LogP contribution >= 0.6 is 23.6 Å². The first-order chi connectivity index (χ1) is 8.88. The Morgan fingerprint density at radius 1 is 1.42 bits per heavy atom. The molecular formula is C12H17N3O2S2. The van der Waals surface area contributed by atoms with Gasteiger partial charge < -0.3 is 16.4 Å². The van der Waals surface area contributed by atoms with Crippen molar-refractivity contribution >= 4 is 40.4 Å². The number of amides is 2. The highest BCUT2D eigenvalue weighted by molar-refractivity contribution is 7.80. The zero-order valence-corrected chi connectivity index (χ0v) is 12.5. The average molecular weight is 299 g/mol. The molecule has 0 aliphatic carbocycles. The van der Waals surface area contributed by atoms with Crippen molar-refractivity contribution in [3.05, 3.63) is 21.9 Å². The van der Waals surface area contributed by atoms with Crippen molar-refractivity contribution in [3.8, 4) is 0 Å². The molecule has 1 aromatic rings. The van der Waals surface area contributed by atoms with Crippen molar-refractivity contribution in [1.82, 2.24) is 10.6 Å². The van der Waals surface area contributed by atoms with E-state index in [1.165, 1.54) is 9.75 Å². The second-order valence-corrected chi connectivity index (χ2v) is 6.14. The fourth-order valence-electron chi connectivity index (χ4n) is 1.48. The van der Waals surface area contributed by atoms with Gasteiger partial charge in [-0.05, 0) is 26.0 Å². The molecule has 0 aliphatic heterocycles. The van der Waals surface area contributed by atoms with E-state index in [1.807, 2.05) is 26.0 Å². The number of aryl methyl sites for hydroxylation is 1. The van der Waals surface area contributed by atoms with Crippen LogP contribution in [-0.2, 0) is 16.0 Å². The normalized spacial score (nSPS) is 11.7. The quantitative estimate of drug-likeness (QED) is 0.546. The Morgan fingerprint density at radius 2 is 2.11 bits per heavy atom. The molecule has 0 saturated carbocycles. The minimum atomic E-state index is -0.720. The molecule has 0 radical (unpaired) electrons. The van der Waals surface area contributed by atoms with Crippen molar-refractivity contribution in [2.24, 2.45) is 5.73 Å². The zero-order valence-electron chi connectivity index (χ0n) is 10.9. The van der Waals surface area contributed by atoms with Crippen molar-refractivity contribution in [1.29, 1.82) is 0 Å². The highest BCUT2D eigenvalue weighted by Crippen LogP contribution is 2.16. The SMILES string of the molecule is Cc1ccc(CC(C)NC(=O)C(=O)NCC(N)=S)s1. The second kappa shape index (κ2) is 7.20. The van der Waals surface area contributed by atoms with E-state index in [0.29, 0.717) is 6.42 Å². The molecule has 0 spiro atoms. The zero-order chi connectivity index (χ0) is 14.4. The van der Waals surface area contributed by atoms with Gasteiger partial charge in [-0.25, -0.2) is 0 Å². The molecule has 7 heteroatoms. The Hall–Kier alpha value is -1.47. The van der Waals surface area contributed by atoms with Crippen LogP contribution in [0.15, 0.2) is 12.1 Å². The molecule has 2 amide bonds. The number of carbonyl (C=O) groups is 2. The predicted molar refractivity (Wildman–Crippen MR) is 80.2 cm³/mol. The molecule has 0 aliphatic rings. The topological polar surface area (TPSA) is 84.2 Å². The second-order valence-electron chi connectivity index (χ2n) is 4.24. The minimum absolute atomic E-state index is 0.0279. The lowest BCUT2D eigenvalue weighted by Gasteiger charge is -2.12. The maximum Gasteiger partial charge on any atom is 0.309 e. The first-order valence-corrected chi connectivity index (χ1v) is 7.03. The minimum Gasteiger partial charge on any atom is -0.392 e. The van der Waals surface area contributed by atoms with E-state index in [1.54, 1.807) is 11.3 Å². The third-order valence-electron chi connectivity index (χ3n) is 2.31. The highest BCUT2D eigenvalue weighted by atomic mass is 32.1. The van der Waals surface area contributed by atoms with E-state index >= 15 is 0 Å². The number of thiophene rings is 1. The van der Waals surface area contributed by atoms with Crippen molar-refractivity contribution < 1.29 is 9.59 Å². The van der Waals surface area contributed by atoms with Gasteiger partial charge in [-0.1, -0.05) is 12.2 Å². The molecule has 1 unspecified atom stereocenters. The fraction of sp³-hybridized carbons (Fsp3) is 0.417. The van der Waals surface area contributed by atoms with Crippen molar-refractivity contribution in [3.63, 3.8) is 0 Å². The van der Waals surface area contributed by atoms with Gasteiger partial charge in [0.25, 0.3) is 0 Å². The summed E-state index contributed by atoms with van der Waals surface area (Å²) in [6.07, 6.45) is 0.701. The summed E-state index contributed by atoms with van der Waals surface area (Å²) in [7, 11) is 0. The van der Waals surface area contributed by atoms with Crippen LogP contribution in [0.25, 0.3) is 0 Å². The first-order valence-electron chi connectivity index (χ1n) is 5.80. The van der Waals surface area contributed by atoms with Crippen LogP contribution < -0.4 is 16.4 Å². The molecule has 19 heavy (non-hydrogen) atoms. The molecule has 104 valence electrons. The van der Waals surface area contributed by atoms with E-state index in [4.69, 9.17) is 5.73 Å². The van der Waals surface area contributed by atoms with Crippen molar-refractivity contribution in [2.45, 2.75) is 26.3 Å². The maximum atomic E-state index is 11.6. The third-order valence-corrected chi connectivity index (χ3v) is 3.48. The van der Waals surface area contributed by atoms with Gasteiger partial charge in [-0.15, -0.1) is 11.3 Å². The van der Waals surface area contributed by atoms with Gasteiger partial charge in [0.15, 0.2) is 0 Å². The molecule has 5 nitrogen and oxygen atoms in total. The van der Waals surface area contributed by atoms with Gasteiger partial charge in [0.2, 0.25) is 0 Å². The number of hydrogen-bond donors (Lipinski definition) is 3. The lowest BCUT2D eigenvalue weighted by molar-refractivity contribution is -0.139. The molecule has 1 rings (SSSR count). The van der Waals surface area contributed by atoms with Crippen LogP contribution in [0.3, 0.4) is 0 Å². The molecule has 0 bridgehead atoms. The first kappa shape index (κ1) is 15.6. The van der Waals surface area contributed by atoms with E-state index in [2.05, 4.69) is 22.9 Å². The lowest BCUT2D eigenvalue weighted by Crippen LogP contribution is -2.46. The predicted octanol–water partition coefficient (Wildman–Crippen LogP) is 0.506. The van der Waals surface area contributed by atoms with Crippen LogP contribution in [0.4, 0.5) is 0 Å². The van der Waals surface area contributed by atoms with Crippen LogP contribution in [-0.4, -0.2) is 29.4 Å². The van der Waals surface area contributed by atoms with Crippen molar-refractivity contribution in [2.75, 3.05) is 6.54 Å². The highest BCUT2D eigenvalue weighted by Gasteiger charge is 2.16. The van der Waals surface area contributed by atoms with E-state index in [9.17, 15) is 9.59 Å². The van der Waals surface area contributed by atoms with E-state index in [0.717, 1.165) is 0 Å². The Balaban J connectivity index is 2.39. The summed E-state index contributed by atoms with van der Waals surface area (Å²) in [4.78, 5) is 25.5. The largest absolute Gasteiger partial charge is 0.392 e. The van der Waals surface area contributed by atoms with Gasteiger partial charge in [-0.3, -0.25) is 9.59 Å². The third kappa shape index (κ3) is 5.80. The molecule has 1 atom stereocenters. The number of carbonyl (C=O) groups excluding carboxylic acids is 2. The fourth-order valence-corrected chi connectivity index (χ4v) is 2.58. The summed E-state index contributed by atoms with van der Waals surface area (Å²) in [6.45, 7) is 3.91. The Kier molecular flexibility index (Phi) is 5.91. The number of rotatable bonds is 5. The van der Waals surface area contributed by atoms with E-state index in [-0.39, 0.29) is 17.6 Å². The summed E-state index contributed by atoms with van der Waals surface area (Å²) in [6, 6.07) is 3.94. The average Bonchev–Trinajstić information content (AvgIpc) is 2.71. The lowest BCUT2D eigenvalue weighted by atomic mass is 10.2. The van der Waals surface area contributed by atoms with Crippen LogP contribution in [0, 0.1) is 6.92 Å². The summed E-state index contributed by atoms with van der Waals surface area (Å²) in [5, 5.41) is 4.97. The van der Waals surface area contributed by atoms with Crippen LogP contribution in [0.5, 0.6) is 0 Å². The molecule has 1 aromatic heterocycles. The standard InChI is InChI=1S/C12H17N3O2S2/c1-7(5-9-4-3-8(2)19-9)15-12(17)11(16)14-6-10(13)18/h3-4,7H,5-6H2,1-2H3,(H2,13,18)(H,14,16)(H,15,17). The summed E-state index contributed by atoms with van der Waals surface area (Å²) >= 11 is 6.29. The van der Waals surface area contributed by atoms with Gasteiger partial charge in [0.1, 0.15) is 0 Å². The number of hydrogen-bond acceptors (Lipinski definition) is 4. The molecule has 0 saturated heterocycles. The van der Waals surface area contributed by atoms with Crippen LogP contribution in [0.2, 0.25) is 0 Å². The molecule has 4 N–H and O–H groups in total. The summed E-state index contributed by atoms with van der Waals surface area (Å²) in [5.41, 5.74) is 5.23. The maximum absolute atomic E-state index is 11.6. The number of nitrogens with two attached hydrogens (primary N) is 1. The summed E-state index contributed by atoms with van der Waals surface area (Å²) in [5.74, 6) is -1.39. The Labute approximate surface area is 121 Å².